The molecule has 0 saturated heterocycles. The molecule has 0 N–H and O–H groups in total. The molecule has 3 heteroatoms. The van der Waals surface area contributed by atoms with Crippen molar-refractivity contribution in [3.05, 3.63) is 71.3 Å². The van der Waals surface area contributed by atoms with Crippen molar-refractivity contribution in [2.75, 3.05) is 20.2 Å². The van der Waals surface area contributed by atoms with Crippen molar-refractivity contribution in [2.45, 2.75) is 38.0 Å². The van der Waals surface area contributed by atoms with Gasteiger partial charge in [0, 0.05) is 19.5 Å². The smallest absolute Gasteiger partial charge is 0.223 e. The minimum Gasteiger partial charge on any atom is -0.497 e. The Morgan fingerprint density at radius 3 is 2.74 bits per heavy atom. The van der Waals surface area contributed by atoms with E-state index in [1.165, 1.54) is 22.3 Å². The molecule has 2 aliphatic rings. The lowest BCUT2D eigenvalue weighted by Gasteiger charge is -2.30. The molecule has 1 unspecified atom stereocenters. The zero-order valence-corrected chi connectivity index (χ0v) is 16.0. The normalized spacial score (nSPS) is 19.2. The first-order valence-corrected chi connectivity index (χ1v) is 9.93. The first kappa shape index (κ1) is 17.8. The number of methoxy groups -OCH3 is 1. The lowest BCUT2D eigenvalue weighted by Crippen LogP contribution is -2.35. The maximum absolute atomic E-state index is 12.9. The van der Waals surface area contributed by atoms with E-state index in [-0.39, 0.29) is 5.91 Å². The molecular weight excluding hydrogens is 334 g/mol. The molecule has 0 fully saturated rings. The van der Waals surface area contributed by atoms with E-state index in [1.54, 1.807) is 7.11 Å². The molecule has 0 spiro atoms. The molecule has 1 aliphatic heterocycles. The van der Waals surface area contributed by atoms with Crippen LogP contribution in [0.25, 0.3) is 5.57 Å². The minimum absolute atomic E-state index is 0.284. The Labute approximate surface area is 161 Å². The van der Waals surface area contributed by atoms with E-state index < -0.39 is 0 Å². The summed E-state index contributed by atoms with van der Waals surface area (Å²) in [6.45, 7) is 1.55. The van der Waals surface area contributed by atoms with Crippen LogP contribution in [0.1, 0.15) is 48.3 Å². The van der Waals surface area contributed by atoms with E-state index in [4.69, 9.17) is 4.74 Å². The fourth-order valence-electron chi connectivity index (χ4n) is 4.38. The van der Waals surface area contributed by atoms with E-state index in [9.17, 15) is 4.79 Å². The fourth-order valence-corrected chi connectivity index (χ4v) is 4.38. The summed E-state index contributed by atoms with van der Waals surface area (Å²) in [5.41, 5.74) is 5.32. The van der Waals surface area contributed by atoms with Gasteiger partial charge < -0.3 is 9.64 Å². The van der Waals surface area contributed by atoms with Gasteiger partial charge in [0.25, 0.3) is 0 Å². The summed E-state index contributed by atoms with van der Waals surface area (Å²) in [7, 11) is 1.71. The lowest BCUT2D eigenvalue weighted by molar-refractivity contribution is -0.131. The largest absolute Gasteiger partial charge is 0.497 e. The molecule has 3 nitrogen and oxygen atoms in total. The van der Waals surface area contributed by atoms with Crippen molar-refractivity contribution in [1.82, 2.24) is 4.90 Å². The van der Waals surface area contributed by atoms with E-state index in [0.29, 0.717) is 12.3 Å². The van der Waals surface area contributed by atoms with Gasteiger partial charge in [0.1, 0.15) is 5.75 Å². The first-order chi connectivity index (χ1) is 13.2. The molecule has 2 aromatic rings. The SMILES string of the molecule is COc1ccc2c(c1)CCCC2CC(=O)N1CC=C(c2ccccc2)CC1. The highest BCUT2D eigenvalue weighted by Crippen LogP contribution is 2.36. The first-order valence-electron chi connectivity index (χ1n) is 9.93. The quantitative estimate of drug-likeness (QED) is 0.781. The van der Waals surface area contributed by atoms with Crippen LogP contribution in [-0.2, 0) is 11.2 Å². The van der Waals surface area contributed by atoms with E-state index >= 15 is 0 Å². The molecule has 1 atom stereocenters. The Kier molecular flexibility index (Phi) is 5.28. The summed E-state index contributed by atoms with van der Waals surface area (Å²) in [4.78, 5) is 14.9. The highest BCUT2D eigenvalue weighted by molar-refractivity contribution is 5.79. The standard InChI is InChI=1S/C24H27NO2/c1-27-22-10-11-23-20(16-22)8-5-9-21(23)17-24(26)25-14-12-19(13-15-25)18-6-3-2-4-7-18/h2-4,6-7,10-12,16,21H,5,8-9,13-15,17H2,1H3. The topological polar surface area (TPSA) is 29.5 Å². The van der Waals surface area contributed by atoms with Gasteiger partial charge in [-0.1, -0.05) is 42.5 Å². The molecule has 0 bridgehead atoms. The van der Waals surface area contributed by atoms with Crippen LogP contribution in [0.4, 0.5) is 0 Å². The second kappa shape index (κ2) is 7.99. The van der Waals surface area contributed by atoms with Gasteiger partial charge in [-0.3, -0.25) is 4.79 Å². The minimum atomic E-state index is 0.284. The van der Waals surface area contributed by atoms with Gasteiger partial charge in [0.15, 0.2) is 0 Å². The van der Waals surface area contributed by atoms with E-state index in [2.05, 4.69) is 42.5 Å². The molecule has 1 amide bonds. The summed E-state index contributed by atoms with van der Waals surface area (Å²) in [5.74, 6) is 1.54. The number of benzene rings is 2. The van der Waals surface area contributed by atoms with Crippen LogP contribution < -0.4 is 4.74 Å². The van der Waals surface area contributed by atoms with E-state index in [0.717, 1.165) is 44.5 Å². The fraction of sp³-hybridized carbons (Fsp3) is 0.375. The number of hydrogen-bond donors (Lipinski definition) is 0. The molecule has 0 radical (unpaired) electrons. The monoisotopic (exact) mass is 361 g/mol. The van der Waals surface area contributed by atoms with Crippen molar-refractivity contribution >= 4 is 11.5 Å². The summed E-state index contributed by atoms with van der Waals surface area (Å²) < 4.78 is 5.36. The second-order valence-corrected chi connectivity index (χ2v) is 7.54. The van der Waals surface area contributed by atoms with Gasteiger partial charge in [0.05, 0.1) is 7.11 Å². The Hall–Kier alpha value is -2.55. The van der Waals surface area contributed by atoms with Gasteiger partial charge in [-0.15, -0.1) is 0 Å². The maximum Gasteiger partial charge on any atom is 0.223 e. The van der Waals surface area contributed by atoms with Crippen LogP contribution in [-0.4, -0.2) is 31.0 Å². The number of hydrogen-bond acceptors (Lipinski definition) is 2. The lowest BCUT2D eigenvalue weighted by atomic mass is 9.80. The number of carbonyl (C=O) groups is 1. The van der Waals surface area contributed by atoms with Crippen molar-refractivity contribution in [2.24, 2.45) is 0 Å². The number of aryl methyl sites for hydroxylation is 1. The third-order valence-corrected chi connectivity index (χ3v) is 5.92. The zero-order chi connectivity index (χ0) is 18.6. The van der Waals surface area contributed by atoms with Gasteiger partial charge in [-0.2, -0.15) is 0 Å². The maximum atomic E-state index is 12.9. The van der Waals surface area contributed by atoms with Crippen LogP contribution in [0, 0.1) is 0 Å². The summed E-state index contributed by atoms with van der Waals surface area (Å²) in [6.07, 6.45) is 7.11. The zero-order valence-electron chi connectivity index (χ0n) is 16.0. The second-order valence-electron chi connectivity index (χ2n) is 7.54. The van der Waals surface area contributed by atoms with E-state index in [1.807, 2.05) is 17.0 Å². The molecule has 1 heterocycles. The number of ether oxygens (including phenoxy) is 1. The number of carbonyl (C=O) groups excluding carboxylic acids is 1. The van der Waals surface area contributed by atoms with Crippen molar-refractivity contribution in [3.8, 4) is 5.75 Å². The van der Waals surface area contributed by atoms with Gasteiger partial charge in [-0.05, 0) is 66.0 Å². The van der Waals surface area contributed by atoms with Crippen LogP contribution in [0.3, 0.4) is 0 Å². The van der Waals surface area contributed by atoms with Crippen LogP contribution >= 0.6 is 0 Å². The highest BCUT2D eigenvalue weighted by atomic mass is 16.5. The molecule has 0 saturated carbocycles. The third kappa shape index (κ3) is 3.92. The van der Waals surface area contributed by atoms with Crippen LogP contribution in [0.2, 0.25) is 0 Å². The molecule has 2 aromatic carbocycles. The Bertz CT molecular complexity index is 841. The van der Waals surface area contributed by atoms with Gasteiger partial charge in [0.2, 0.25) is 5.91 Å². The van der Waals surface area contributed by atoms with Crippen molar-refractivity contribution in [1.29, 1.82) is 0 Å². The molecule has 140 valence electrons. The number of amides is 1. The van der Waals surface area contributed by atoms with Crippen molar-refractivity contribution in [3.63, 3.8) is 0 Å². The Balaban J connectivity index is 1.42. The summed E-state index contributed by atoms with van der Waals surface area (Å²) in [6, 6.07) is 16.8. The molecule has 0 aromatic heterocycles. The highest BCUT2D eigenvalue weighted by Gasteiger charge is 2.26. The number of nitrogens with zero attached hydrogens (tertiary/aromatic N) is 1. The number of rotatable bonds is 4. The Morgan fingerprint density at radius 1 is 1.15 bits per heavy atom. The third-order valence-electron chi connectivity index (χ3n) is 5.92. The predicted octanol–water partition coefficient (Wildman–Crippen LogP) is 4.82. The van der Waals surface area contributed by atoms with Crippen LogP contribution in [0.15, 0.2) is 54.6 Å². The molecule has 27 heavy (non-hydrogen) atoms. The average Bonchev–Trinajstić information content (AvgIpc) is 2.74. The van der Waals surface area contributed by atoms with Gasteiger partial charge >= 0.3 is 0 Å². The molecule has 1 aliphatic carbocycles. The summed E-state index contributed by atoms with van der Waals surface area (Å²) in [5, 5.41) is 0. The molecule has 4 rings (SSSR count). The Morgan fingerprint density at radius 2 is 2.00 bits per heavy atom. The van der Waals surface area contributed by atoms with Crippen molar-refractivity contribution < 1.29 is 9.53 Å². The van der Waals surface area contributed by atoms with Crippen LogP contribution in [0.5, 0.6) is 5.75 Å². The predicted molar refractivity (Wildman–Crippen MR) is 109 cm³/mol. The average molecular weight is 361 g/mol. The summed E-state index contributed by atoms with van der Waals surface area (Å²) >= 11 is 0. The van der Waals surface area contributed by atoms with Gasteiger partial charge in [-0.25, -0.2) is 0 Å². The number of fused-ring (bicyclic) bond motifs is 1. The molecular formula is C24H27NO2.